The lowest BCUT2D eigenvalue weighted by molar-refractivity contribution is -0.385. The first-order chi connectivity index (χ1) is 11.6. The average Bonchev–Trinajstić information content (AvgIpc) is 2.90. The van der Waals surface area contributed by atoms with Gasteiger partial charge in [-0.15, -0.1) is 0 Å². The van der Waals surface area contributed by atoms with E-state index in [1.165, 1.54) is 6.07 Å². The van der Waals surface area contributed by atoms with E-state index >= 15 is 0 Å². The minimum absolute atomic E-state index is 0.0109. The van der Waals surface area contributed by atoms with Crippen molar-refractivity contribution in [2.45, 2.75) is 45.3 Å². The molecule has 136 valence electrons. The normalized spacial score (nSPS) is 20.4. The maximum Gasteiger partial charge on any atom is 0.410 e. The fraction of sp³-hybridized carbons (Fsp3) is 0.529. The molecule has 1 saturated heterocycles. The third kappa shape index (κ3) is 4.68. The van der Waals surface area contributed by atoms with Crippen LogP contribution in [0.2, 0.25) is 0 Å². The van der Waals surface area contributed by atoms with E-state index in [0.717, 1.165) is 4.90 Å². The zero-order chi connectivity index (χ0) is 18.8. The van der Waals surface area contributed by atoms with Gasteiger partial charge in [-0.05, 0) is 39.5 Å². The van der Waals surface area contributed by atoms with Crippen LogP contribution in [0.4, 0.5) is 10.5 Å². The summed E-state index contributed by atoms with van der Waals surface area (Å²) < 4.78 is 5.25. The van der Waals surface area contributed by atoms with Crippen molar-refractivity contribution >= 4 is 17.7 Å². The second kappa shape index (κ2) is 7.08. The SMILES string of the molecule is CC(C)(C)OC(=O)N1C[C@H](Cc2ccccc2[N+](=O)[O-])C[C@H]1C(=O)[O-]. The molecule has 0 aliphatic carbocycles. The fourth-order valence-corrected chi connectivity index (χ4v) is 2.99. The van der Waals surface area contributed by atoms with Crippen molar-refractivity contribution in [2.75, 3.05) is 6.54 Å². The fourth-order valence-electron chi connectivity index (χ4n) is 2.99. The van der Waals surface area contributed by atoms with E-state index in [1.54, 1.807) is 39.0 Å². The maximum atomic E-state index is 12.3. The number of carbonyl (C=O) groups is 2. The first-order valence-corrected chi connectivity index (χ1v) is 8.01. The number of hydrogen-bond donors (Lipinski definition) is 0. The molecule has 2 rings (SSSR count). The number of nitro groups is 1. The molecule has 0 radical (unpaired) electrons. The largest absolute Gasteiger partial charge is 0.548 e. The highest BCUT2D eigenvalue weighted by atomic mass is 16.6. The van der Waals surface area contributed by atoms with E-state index < -0.39 is 28.6 Å². The van der Waals surface area contributed by atoms with Crippen molar-refractivity contribution in [3.63, 3.8) is 0 Å². The minimum Gasteiger partial charge on any atom is -0.548 e. The summed E-state index contributed by atoms with van der Waals surface area (Å²) in [6.45, 7) is 5.24. The Kier molecular flexibility index (Phi) is 5.30. The summed E-state index contributed by atoms with van der Waals surface area (Å²) in [4.78, 5) is 35.4. The number of nitro benzene ring substituents is 1. The highest BCUT2D eigenvalue weighted by molar-refractivity contribution is 5.79. The molecule has 0 unspecified atom stereocenters. The number of aliphatic carboxylic acids is 1. The zero-order valence-electron chi connectivity index (χ0n) is 14.4. The van der Waals surface area contributed by atoms with Gasteiger partial charge in [0.05, 0.1) is 16.9 Å². The molecule has 1 amide bonds. The molecular weight excluding hydrogens is 328 g/mol. The highest BCUT2D eigenvalue weighted by Crippen LogP contribution is 2.30. The molecule has 1 aromatic carbocycles. The van der Waals surface area contributed by atoms with Crippen molar-refractivity contribution in [3.8, 4) is 0 Å². The van der Waals surface area contributed by atoms with Gasteiger partial charge in [0.2, 0.25) is 0 Å². The lowest BCUT2D eigenvalue weighted by Gasteiger charge is -2.28. The van der Waals surface area contributed by atoms with Crippen LogP contribution < -0.4 is 5.11 Å². The summed E-state index contributed by atoms with van der Waals surface area (Å²) in [7, 11) is 0. The van der Waals surface area contributed by atoms with Crippen LogP contribution in [0.15, 0.2) is 24.3 Å². The molecule has 0 bridgehead atoms. The second-order valence-electron chi connectivity index (χ2n) is 7.16. The number of amides is 1. The van der Waals surface area contributed by atoms with Gasteiger partial charge in [0.1, 0.15) is 5.60 Å². The van der Waals surface area contributed by atoms with Crippen molar-refractivity contribution in [2.24, 2.45) is 5.92 Å². The standard InChI is InChI=1S/C17H22N2O6/c1-17(2,3)25-16(22)18-10-11(9-14(18)15(20)21)8-12-6-4-5-7-13(12)19(23)24/h4-7,11,14H,8-10H2,1-3H3,(H,20,21)/p-1/t11-,14+/m1/s1. The van der Waals surface area contributed by atoms with Gasteiger partial charge in [-0.2, -0.15) is 0 Å². The summed E-state index contributed by atoms with van der Waals surface area (Å²) in [5, 5.41) is 22.5. The number of carboxylic acids is 1. The molecular formula is C17H21N2O6-. The van der Waals surface area contributed by atoms with Gasteiger partial charge in [-0.25, -0.2) is 4.79 Å². The van der Waals surface area contributed by atoms with E-state index in [0.29, 0.717) is 12.0 Å². The van der Waals surface area contributed by atoms with Gasteiger partial charge in [0, 0.05) is 18.2 Å². The molecule has 0 aromatic heterocycles. The third-order valence-electron chi connectivity index (χ3n) is 3.98. The summed E-state index contributed by atoms with van der Waals surface area (Å²) >= 11 is 0. The molecule has 0 saturated carbocycles. The van der Waals surface area contributed by atoms with Gasteiger partial charge >= 0.3 is 6.09 Å². The van der Waals surface area contributed by atoms with E-state index in [1.807, 2.05) is 0 Å². The van der Waals surface area contributed by atoms with E-state index in [9.17, 15) is 24.8 Å². The summed E-state index contributed by atoms with van der Waals surface area (Å²) in [6.07, 6.45) is -0.236. The van der Waals surface area contributed by atoms with E-state index in [-0.39, 0.29) is 24.6 Å². The number of likely N-dealkylation sites (tertiary alicyclic amines) is 1. The Morgan fingerprint density at radius 1 is 1.32 bits per heavy atom. The topological polar surface area (TPSA) is 113 Å². The van der Waals surface area contributed by atoms with Crippen molar-refractivity contribution < 1.29 is 24.4 Å². The number of carbonyl (C=O) groups excluding carboxylic acids is 2. The quantitative estimate of drug-likeness (QED) is 0.601. The third-order valence-corrected chi connectivity index (χ3v) is 3.98. The smallest absolute Gasteiger partial charge is 0.410 e. The number of rotatable bonds is 4. The van der Waals surface area contributed by atoms with Gasteiger partial charge in [0.15, 0.2) is 0 Å². The Labute approximate surface area is 145 Å². The van der Waals surface area contributed by atoms with Crippen LogP contribution in [0.3, 0.4) is 0 Å². The van der Waals surface area contributed by atoms with Crippen LogP contribution >= 0.6 is 0 Å². The number of nitrogens with zero attached hydrogens (tertiary/aromatic N) is 2. The number of para-hydroxylation sites is 1. The molecule has 1 aliphatic heterocycles. The van der Waals surface area contributed by atoms with Crippen LogP contribution in [-0.4, -0.2) is 40.1 Å². The molecule has 8 nitrogen and oxygen atoms in total. The predicted octanol–water partition coefficient (Wildman–Crippen LogP) is 1.51. The lowest BCUT2D eigenvalue weighted by Crippen LogP contribution is -2.48. The average molecular weight is 349 g/mol. The zero-order valence-corrected chi connectivity index (χ0v) is 14.4. The van der Waals surface area contributed by atoms with Crippen LogP contribution in [0.5, 0.6) is 0 Å². The Balaban J connectivity index is 2.16. The molecule has 0 spiro atoms. The van der Waals surface area contributed by atoms with Crippen LogP contribution in [-0.2, 0) is 16.0 Å². The van der Waals surface area contributed by atoms with Crippen LogP contribution in [0.25, 0.3) is 0 Å². The molecule has 1 aromatic rings. The van der Waals surface area contributed by atoms with Gasteiger partial charge in [-0.1, -0.05) is 18.2 Å². The molecule has 25 heavy (non-hydrogen) atoms. The van der Waals surface area contributed by atoms with Crippen LogP contribution in [0.1, 0.15) is 32.8 Å². The Hall–Kier alpha value is -2.64. The first kappa shape index (κ1) is 18.7. The Morgan fingerprint density at radius 2 is 1.96 bits per heavy atom. The van der Waals surface area contributed by atoms with Gasteiger partial charge in [-0.3, -0.25) is 15.0 Å². The molecule has 8 heteroatoms. The second-order valence-corrected chi connectivity index (χ2v) is 7.16. The molecule has 1 fully saturated rings. The number of carboxylic acid groups (broad SMARTS) is 1. The Bertz CT molecular complexity index is 682. The van der Waals surface area contributed by atoms with Crippen LogP contribution in [0, 0.1) is 16.0 Å². The molecule has 2 atom stereocenters. The van der Waals surface area contributed by atoms with Crippen molar-refractivity contribution in [3.05, 3.63) is 39.9 Å². The molecule has 0 N–H and O–H groups in total. The van der Waals surface area contributed by atoms with Gasteiger partial charge in [0.25, 0.3) is 5.69 Å². The summed E-state index contributed by atoms with van der Waals surface area (Å²) in [6, 6.07) is 5.23. The number of ether oxygens (including phenoxy) is 1. The van der Waals surface area contributed by atoms with Gasteiger partial charge < -0.3 is 14.6 Å². The monoisotopic (exact) mass is 349 g/mol. The summed E-state index contributed by atoms with van der Waals surface area (Å²) in [5.41, 5.74) is -0.243. The highest BCUT2D eigenvalue weighted by Gasteiger charge is 2.38. The number of benzene rings is 1. The van der Waals surface area contributed by atoms with Crippen molar-refractivity contribution in [1.29, 1.82) is 0 Å². The van der Waals surface area contributed by atoms with Crippen molar-refractivity contribution in [1.82, 2.24) is 4.90 Å². The maximum absolute atomic E-state index is 12.3. The Morgan fingerprint density at radius 3 is 2.52 bits per heavy atom. The van der Waals surface area contributed by atoms with E-state index in [4.69, 9.17) is 4.74 Å². The molecule has 1 heterocycles. The first-order valence-electron chi connectivity index (χ1n) is 8.01. The molecule has 1 aliphatic rings. The predicted molar refractivity (Wildman–Crippen MR) is 86.6 cm³/mol. The summed E-state index contributed by atoms with van der Waals surface area (Å²) in [5.74, 6) is -1.58. The number of hydrogen-bond acceptors (Lipinski definition) is 6. The van der Waals surface area contributed by atoms with E-state index in [2.05, 4.69) is 0 Å². The lowest BCUT2D eigenvalue weighted by atomic mass is 9.96. The minimum atomic E-state index is -1.35.